The van der Waals surface area contributed by atoms with Gasteiger partial charge < -0.3 is 15.7 Å². The highest BCUT2D eigenvalue weighted by Crippen LogP contribution is 2.15. The summed E-state index contributed by atoms with van der Waals surface area (Å²) in [5.74, 6) is -0.0784. The third-order valence-electron chi connectivity index (χ3n) is 3.82. The molecule has 0 saturated heterocycles. The number of aliphatic hydroxyl groups is 1. The zero-order valence-corrected chi connectivity index (χ0v) is 15.4. The largest absolute Gasteiger partial charge is 0.388 e. The van der Waals surface area contributed by atoms with Crippen molar-refractivity contribution in [3.8, 4) is 0 Å². The fourth-order valence-corrected chi connectivity index (χ4v) is 2.41. The molecular formula is C19H30N2O3. The lowest BCUT2D eigenvalue weighted by Gasteiger charge is -2.24. The quantitative estimate of drug-likeness (QED) is 0.683. The van der Waals surface area contributed by atoms with Crippen LogP contribution >= 0.6 is 0 Å². The Kier molecular flexibility index (Phi) is 7.42. The summed E-state index contributed by atoms with van der Waals surface area (Å²) in [6, 6.07) is 5.57. The predicted molar refractivity (Wildman–Crippen MR) is 96.0 cm³/mol. The van der Waals surface area contributed by atoms with E-state index in [1.165, 1.54) is 0 Å². The minimum absolute atomic E-state index is 0.105. The molecule has 0 aromatic heterocycles. The van der Waals surface area contributed by atoms with Crippen molar-refractivity contribution in [3.05, 3.63) is 34.9 Å². The maximum atomic E-state index is 12.1. The van der Waals surface area contributed by atoms with Crippen LogP contribution < -0.4 is 10.6 Å². The maximum absolute atomic E-state index is 12.1. The first-order valence-electron chi connectivity index (χ1n) is 8.44. The van der Waals surface area contributed by atoms with Gasteiger partial charge in [0.05, 0.1) is 12.1 Å². The number of carbonyl (C=O) groups excluding carboxylic acids is 2. The molecule has 1 aromatic carbocycles. The Morgan fingerprint density at radius 3 is 2.25 bits per heavy atom. The Labute approximate surface area is 144 Å². The van der Waals surface area contributed by atoms with E-state index in [9.17, 15) is 14.7 Å². The van der Waals surface area contributed by atoms with E-state index in [0.29, 0.717) is 17.9 Å². The van der Waals surface area contributed by atoms with Gasteiger partial charge in [-0.1, -0.05) is 31.0 Å². The summed E-state index contributed by atoms with van der Waals surface area (Å²) in [5, 5.41) is 15.5. The van der Waals surface area contributed by atoms with E-state index in [2.05, 4.69) is 24.5 Å². The number of benzene rings is 1. The zero-order chi connectivity index (χ0) is 18.3. The summed E-state index contributed by atoms with van der Waals surface area (Å²) in [5.41, 5.74) is 1.62. The number of rotatable bonds is 8. The molecule has 1 rings (SSSR count). The molecule has 0 spiro atoms. The molecule has 1 atom stereocenters. The molecule has 0 aliphatic carbocycles. The van der Waals surface area contributed by atoms with Crippen molar-refractivity contribution in [3.63, 3.8) is 0 Å². The SMILES string of the molecule is Cc1cc(C)cc(C(=O)NCC(=O)NCC(C)(O)CCC(C)C)c1. The normalized spacial score (nSPS) is 13.5. The zero-order valence-electron chi connectivity index (χ0n) is 15.4. The molecule has 0 radical (unpaired) electrons. The first-order chi connectivity index (χ1) is 11.1. The van der Waals surface area contributed by atoms with Crippen LogP contribution in [0.4, 0.5) is 0 Å². The highest BCUT2D eigenvalue weighted by Gasteiger charge is 2.21. The second-order valence-electron chi connectivity index (χ2n) is 7.27. The summed E-state index contributed by atoms with van der Waals surface area (Å²) in [4.78, 5) is 24.0. The number of carbonyl (C=O) groups is 2. The summed E-state index contributed by atoms with van der Waals surface area (Å²) in [7, 11) is 0. The molecule has 1 unspecified atom stereocenters. The summed E-state index contributed by atoms with van der Waals surface area (Å²) in [6.45, 7) is 9.83. The molecule has 3 N–H and O–H groups in total. The van der Waals surface area contributed by atoms with Crippen LogP contribution in [-0.2, 0) is 4.79 Å². The van der Waals surface area contributed by atoms with E-state index >= 15 is 0 Å². The second kappa shape index (κ2) is 8.83. The second-order valence-corrected chi connectivity index (χ2v) is 7.27. The lowest BCUT2D eigenvalue weighted by Crippen LogP contribution is -2.44. The lowest BCUT2D eigenvalue weighted by atomic mass is 9.95. The van der Waals surface area contributed by atoms with E-state index in [1.54, 1.807) is 19.1 Å². The first kappa shape index (κ1) is 20.2. The summed E-state index contributed by atoms with van der Waals surface area (Å²) < 4.78 is 0. The first-order valence-corrected chi connectivity index (χ1v) is 8.44. The number of hydrogen-bond acceptors (Lipinski definition) is 3. The van der Waals surface area contributed by atoms with Crippen molar-refractivity contribution in [2.24, 2.45) is 5.92 Å². The van der Waals surface area contributed by atoms with Gasteiger partial charge in [-0.3, -0.25) is 9.59 Å². The van der Waals surface area contributed by atoms with Gasteiger partial charge in [-0.05, 0) is 51.7 Å². The van der Waals surface area contributed by atoms with E-state index in [0.717, 1.165) is 17.5 Å². The van der Waals surface area contributed by atoms with Crippen LogP contribution in [0.1, 0.15) is 55.1 Å². The standard InChI is InChI=1S/C19H30N2O3/c1-13(2)6-7-19(5,24)12-21-17(22)11-20-18(23)16-9-14(3)8-15(4)10-16/h8-10,13,24H,6-7,11-12H2,1-5H3,(H,20,23)(H,21,22). The van der Waals surface area contributed by atoms with Gasteiger partial charge in [0.25, 0.3) is 5.91 Å². The van der Waals surface area contributed by atoms with E-state index in [-0.39, 0.29) is 24.9 Å². The monoisotopic (exact) mass is 334 g/mol. The lowest BCUT2D eigenvalue weighted by molar-refractivity contribution is -0.121. The molecule has 1 aromatic rings. The fraction of sp³-hybridized carbons (Fsp3) is 0.579. The number of nitrogens with one attached hydrogen (secondary N) is 2. The van der Waals surface area contributed by atoms with Gasteiger partial charge in [-0.15, -0.1) is 0 Å². The fourth-order valence-electron chi connectivity index (χ4n) is 2.41. The average molecular weight is 334 g/mol. The van der Waals surface area contributed by atoms with Gasteiger partial charge in [0.1, 0.15) is 0 Å². The molecule has 5 heteroatoms. The van der Waals surface area contributed by atoms with E-state index in [1.807, 2.05) is 19.9 Å². The minimum atomic E-state index is -0.933. The molecule has 134 valence electrons. The topological polar surface area (TPSA) is 78.4 Å². The molecule has 0 bridgehead atoms. The maximum Gasteiger partial charge on any atom is 0.251 e. The van der Waals surface area contributed by atoms with Crippen molar-refractivity contribution < 1.29 is 14.7 Å². The van der Waals surface area contributed by atoms with Crippen molar-refractivity contribution in [2.45, 2.75) is 53.1 Å². The van der Waals surface area contributed by atoms with Gasteiger partial charge in [0.2, 0.25) is 5.91 Å². The molecule has 0 heterocycles. The van der Waals surface area contributed by atoms with Gasteiger partial charge in [-0.25, -0.2) is 0 Å². The molecule has 2 amide bonds. The Hall–Kier alpha value is -1.88. The highest BCUT2D eigenvalue weighted by molar-refractivity contribution is 5.96. The molecule has 24 heavy (non-hydrogen) atoms. The Morgan fingerprint density at radius 2 is 1.71 bits per heavy atom. The van der Waals surface area contributed by atoms with Crippen molar-refractivity contribution in [2.75, 3.05) is 13.1 Å². The highest BCUT2D eigenvalue weighted by atomic mass is 16.3. The number of aryl methyl sites for hydroxylation is 2. The third kappa shape index (κ3) is 7.59. The van der Waals surface area contributed by atoms with Crippen molar-refractivity contribution >= 4 is 11.8 Å². The van der Waals surface area contributed by atoms with Gasteiger partial charge in [-0.2, -0.15) is 0 Å². The third-order valence-corrected chi connectivity index (χ3v) is 3.82. The van der Waals surface area contributed by atoms with Crippen LogP contribution in [0.2, 0.25) is 0 Å². The van der Waals surface area contributed by atoms with Crippen LogP contribution in [0, 0.1) is 19.8 Å². The van der Waals surface area contributed by atoms with Crippen molar-refractivity contribution in [1.82, 2.24) is 10.6 Å². The van der Waals surface area contributed by atoms with Gasteiger partial charge in [0, 0.05) is 12.1 Å². The molecule has 5 nitrogen and oxygen atoms in total. The molecule has 0 fully saturated rings. The molecule has 0 saturated carbocycles. The van der Waals surface area contributed by atoms with Crippen LogP contribution in [0.5, 0.6) is 0 Å². The summed E-state index contributed by atoms with van der Waals surface area (Å²) in [6.07, 6.45) is 1.52. The van der Waals surface area contributed by atoms with Crippen LogP contribution in [-0.4, -0.2) is 35.6 Å². The van der Waals surface area contributed by atoms with E-state index < -0.39 is 5.60 Å². The van der Waals surface area contributed by atoms with E-state index in [4.69, 9.17) is 0 Å². The molecule has 0 aliphatic rings. The summed E-state index contributed by atoms with van der Waals surface area (Å²) >= 11 is 0. The molecular weight excluding hydrogens is 304 g/mol. The minimum Gasteiger partial charge on any atom is -0.388 e. The molecule has 0 aliphatic heterocycles. The number of amides is 2. The smallest absolute Gasteiger partial charge is 0.251 e. The van der Waals surface area contributed by atoms with Crippen molar-refractivity contribution in [1.29, 1.82) is 0 Å². The average Bonchev–Trinajstić information content (AvgIpc) is 2.48. The van der Waals surface area contributed by atoms with Crippen LogP contribution in [0.25, 0.3) is 0 Å². The van der Waals surface area contributed by atoms with Crippen LogP contribution in [0.15, 0.2) is 18.2 Å². The van der Waals surface area contributed by atoms with Crippen LogP contribution in [0.3, 0.4) is 0 Å². The Balaban J connectivity index is 2.41. The Bertz CT molecular complexity index is 560. The van der Waals surface area contributed by atoms with Gasteiger partial charge >= 0.3 is 0 Å². The predicted octanol–water partition coefficient (Wildman–Crippen LogP) is 2.34. The Morgan fingerprint density at radius 1 is 1.12 bits per heavy atom. The van der Waals surface area contributed by atoms with Gasteiger partial charge in [0.15, 0.2) is 0 Å². The number of hydrogen-bond donors (Lipinski definition) is 3.